The van der Waals surface area contributed by atoms with Crippen molar-refractivity contribution >= 4 is 70.2 Å². The van der Waals surface area contributed by atoms with Crippen molar-refractivity contribution in [1.82, 2.24) is 16.0 Å². The molecule has 0 unspecified atom stereocenters. The number of carbonyl (C=O) groups excluding carboxylic acids is 4. The number of phenolic OH excluding ortho intramolecular Hbond substituents is 2. The number of rotatable bonds is 2. The van der Waals surface area contributed by atoms with Crippen molar-refractivity contribution in [2.45, 2.75) is 6.42 Å². The van der Waals surface area contributed by atoms with Crippen molar-refractivity contribution in [3.05, 3.63) is 70.8 Å². The molecule has 2 aromatic rings. The standard InChI is InChI=1S/C12H9NO3S.C11H8N2O3S/c14-9-4-2-1-3-7(9)5-8-10(15)6-11(17)13-12(8)16;14-8-4-2-1-3-6(8)5-7-9(15)12-11(17)13-10(7)16/h1-5,14H,6H2,(H,13,16,17);1-5,14H,(H2,12,13,15,16,17). The first-order chi connectivity index (χ1) is 16.2. The number of nitrogens with one attached hydrogen (secondary N) is 3. The molecule has 0 radical (unpaired) electrons. The van der Waals surface area contributed by atoms with Gasteiger partial charge in [-0.2, -0.15) is 0 Å². The number of ketones is 1. The SMILES string of the molecule is O=C1CC(=S)NC(=O)C1=Cc1ccccc1O.O=C1NC(=S)NC(=O)C1=Cc1ccccc1O. The number of carbonyl (C=O) groups is 4. The predicted molar refractivity (Wildman–Crippen MR) is 131 cm³/mol. The van der Waals surface area contributed by atoms with Crippen molar-refractivity contribution in [2.24, 2.45) is 0 Å². The van der Waals surface area contributed by atoms with Gasteiger partial charge in [-0.05, 0) is 36.5 Å². The summed E-state index contributed by atoms with van der Waals surface area (Å²) in [5, 5.41) is 26.1. The zero-order valence-electron chi connectivity index (χ0n) is 17.3. The second-order valence-corrected chi connectivity index (χ2v) is 7.85. The van der Waals surface area contributed by atoms with E-state index in [4.69, 9.17) is 12.2 Å². The summed E-state index contributed by atoms with van der Waals surface area (Å²) < 4.78 is 0. The minimum absolute atomic E-state index is 0.00579. The van der Waals surface area contributed by atoms with Crippen LogP contribution in [-0.2, 0) is 19.2 Å². The van der Waals surface area contributed by atoms with E-state index >= 15 is 0 Å². The molecule has 2 aliphatic heterocycles. The molecular formula is C23H17N3O6S2. The molecule has 0 atom stereocenters. The third kappa shape index (κ3) is 5.97. The summed E-state index contributed by atoms with van der Waals surface area (Å²) in [6.07, 6.45) is 2.71. The molecule has 2 aliphatic rings. The van der Waals surface area contributed by atoms with Gasteiger partial charge in [0, 0.05) is 11.1 Å². The van der Waals surface area contributed by atoms with Crippen LogP contribution in [0.3, 0.4) is 0 Å². The average Bonchev–Trinajstić information content (AvgIpc) is 2.76. The minimum atomic E-state index is -0.581. The number of hydrogen-bond donors (Lipinski definition) is 5. The highest BCUT2D eigenvalue weighted by atomic mass is 32.1. The summed E-state index contributed by atoms with van der Waals surface area (Å²) in [5.74, 6) is -2.00. The lowest BCUT2D eigenvalue weighted by Crippen LogP contribution is -2.51. The maximum absolute atomic E-state index is 11.6. The second-order valence-electron chi connectivity index (χ2n) is 6.95. The number of phenols is 2. The molecule has 0 spiro atoms. The van der Waals surface area contributed by atoms with Gasteiger partial charge in [0.1, 0.15) is 17.1 Å². The molecule has 34 heavy (non-hydrogen) atoms. The first kappa shape index (κ1) is 24.4. The van der Waals surface area contributed by atoms with Gasteiger partial charge in [-0.1, -0.05) is 48.6 Å². The number of thiocarbonyl (C=S) groups is 2. The Morgan fingerprint density at radius 1 is 0.676 bits per heavy atom. The van der Waals surface area contributed by atoms with Gasteiger partial charge in [-0.25, -0.2) is 0 Å². The fraction of sp³-hybridized carbons (Fsp3) is 0.0435. The topological polar surface area (TPSA) is 145 Å². The van der Waals surface area contributed by atoms with Crippen LogP contribution in [0, 0.1) is 0 Å². The number of para-hydroxylation sites is 2. The molecule has 2 saturated heterocycles. The van der Waals surface area contributed by atoms with E-state index in [9.17, 15) is 29.4 Å². The van der Waals surface area contributed by atoms with E-state index in [0.29, 0.717) is 11.1 Å². The van der Waals surface area contributed by atoms with Gasteiger partial charge in [0.2, 0.25) is 0 Å². The number of piperidine rings is 1. The Kier molecular flexibility index (Phi) is 7.61. The molecule has 2 heterocycles. The largest absolute Gasteiger partial charge is 0.507 e. The lowest BCUT2D eigenvalue weighted by molar-refractivity contribution is -0.124. The zero-order valence-corrected chi connectivity index (χ0v) is 19.0. The molecular weight excluding hydrogens is 478 g/mol. The maximum atomic E-state index is 11.6. The number of Topliss-reactive ketones (excluding diaryl/α,β-unsaturated/α-hetero) is 1. The van der Waals surface area contributed by atoms with Gasteiger partial charge in [0.15, 0.2) is 10.9 Å². The zero-order chi connectivity index (χ0) is 24.8. The van der Waals surface area contributed by atoms with Gasteiger partial charge < -0.3 is 15.5 Å². The molecule has 5 N–H and O–H groups in total. The smallest absolute Gasteiger partial charge is 0.263 e. The van der Waals surface area contributed by atoms with E-state index in [1.165, 1.54) is 24.3 Å². The third-order valence-corrected chi connectivity index (χ3v) is 4.99. The van der Waals surface area contributed by atoms with Crippen LogP contribution in [0.1, 0.15) is 17.5 Å². The molecule has 172 valence electrons. The van der Waals surface area contributed by atoms with Crippen LogP contribution in [0.15, 0.2) is 59.7 Å². The molecule has 0 saturated carbocycles. The Hall–Kier alpha value is -4.22. The summed E-state index contributed by atoms with van der Waals surface area (Å²) in [6.45, 7) is 0. The summed E-state index contributed by atoms with van der Waals surface area (Å²) in [6, 6.07) is 12.9. The highest BCUT2D eigenvalue weighted by Crippen LogP contribution is 2.21. The van der Waals surface area contributed by atoms with Crippen LogP contribution in [0.5, 0.6) is 11.5 Å². The van der Waals surface area contributed by atoms with Gasteiger partial charge in [-0.3, -0.25) is 29.8 Å². The number of amides is 3. The summed E-state index contributed by atoms with van der Waals surface area (Å²) in [7, 11) is 0. The molecule has 9 nitrogen and oxygen atoms in total. The predicted octanol–water partition coefficient (Wildman–Crippen LogP) is 1.50. The molecule has 0 aliphatic carbocycles. The molecule has 0 aromatic heterocycles. The maximum Gasteiger partial charge on any atom is 0.263 e. The number of hydrogen-bond acceptors (Lipinski definition) is 8. The quantitative estimate of drug-likeness (QED) is 0.240. The Morgan fingerprint density at radius 2 is 1.12 bits per heavy atom. The van der Waals surface area contributed by atoms with E-state index in [2.05, 4.69) is 28.2 Å². The Bertz CT molecular complexity index is 1160. The highest BCUT2D eigenvalue weighted by molar-refractivity contribution is 7.80. The van der Waals surface area contributed by atoms with Crippen LogP contribution < -0.4 is 16.0 Å². The van der Waals surface area contributed by atoms with E-state index in [1.807, 2.05) is 0 Å². The molecule has 4 rings (SSSR count). The van der Waals surface area contributed by atoms with Gasteiger partial charge in [0.25, 0.3) is 17.7 Å². The fourth-order valence-electron chi connectivity index (χ4n) is 2.89. The summed E-state index contributed by atoms with van der Waals surface area (Å²) in [4.78, 5) is 46.5. The normalized spacial score (nSPS) is 16.8. The lowest BCUT2D eigenvalue weighted by atomic mass is 10.0. The van der Waals surface area contributed by atoms with Crippen LogP contribution in [0.25, 0.3) is 12.2 Å². The molecule has 2 fully saturated rings. The van der Waals surface area contributed by atoms with Gasteiger partial charge >= 0.3 is 0 Å². The van der Waals surface area contributed by atoms with Crippen LogP contribution in [0.4, 0.5) is 0 Å². The van der Waals surface area contributed by atoms with Crippen LogP contribution >= 0.6 is 24.4 Å². The van der Waals surface area contributed by atoms with Gasteiger partial charge in [0.05, 0.1) is 17.0 Å². The van der Waals surface area contributed by atoms with E-state index in [1.54, 1.807) is 36.4 Å². The monoisotopic (exact) mass is 495 g/mol. The number of aromatic hydroxyl groups is 2. The molecule has 2 aromatic carbocycles. The lowest BCUT2D eigenvalue weighted by Gasteiger charge is -2.16. The van der Waals surface area contributed by atoms with Gasteiger partial charge in [-0.15, -0.1) is 0 Å². The first-order valence-electron chi connectivity index (χ1n) is 9.69. The fourth-order valence-corrected chi connectivity index (χ4v) is 3.30. The summed E-state index contributed by atoms with van der Waals surface area (Å²) in [5.41, 5.74) is 0.736. The Balaban J connectivity index is 0.000000191. The highest BCUT2D eigenvalue weighted by Gasteiger charge is 2.27. The van der Waals surface area contributed by atoms with Crippen molar-refractivity contribution < 1.29 is 29.4 Å². The van der Waals surface area contributed by atoms with E-state index < -0.39 is 17.7 Å². The van der Waals surface area contributed by atoms with Crippen LogP contribution in [-0.4, -0.2) is 43.8 Å². The van der Waals surface area contributed by atoms with Crippen molar-refractivity contribution in [1.29, 1.82) is 0 Å². The third-order valence-electron chi connectivity index (χ3n) is 4.54. The molecule has 0 bridgehead atoms. The molecule has 3 amide bonds. The van der Waals surface area contributed by atoms with E-state index in [-0.39, 0.29) is 45.0 Å². The first-order valence-corrected chi connectivity index (χ1v) is 10.5. The number of benzene rings is 2. The molecule has 11 heteroatoms. The van der Waals surface area contributed by atoms with Crippen molar-refractivity contribution in [3.63, 3.8) is 0 Å². The Morgan fingerprint density at radius 3 is 1.59 bits per heavy atom. The van der Waals surface area contributed by atoms with E-state index in [0.717, 1.165) is 0 Å². The Labute approximate surface area is 204 Å². The summed E-state index contributed by atoms with van der Waals surface area (Å²) >= 11 is 9.44. The van der Waals surface area contributed by atoms with Crippen molar-refractivity contribution in [3.8, 4) is 11.5 Å². The second kappa shape index (κ2) is 10.6. The minimum Gasteiger partial charge on any atom is -0.507 e. The van der Waals surface area contributed by atoms with Crippen molar-refractivity contribution in [2.75, 3.05) is 0 Å². The average molecular weight is 496 g/mol. The van der Waals surface area contributed by atoms with Crippen LogP contribution in [0.2, 0.25) is 0 Å².